The average molecular weight is 489 g/mol. The van der Waals surface area contributed by atoms with Gasteiger partial charge in [-0.25, -0.2) is 0 Å². The molecule has 2 aliphatic heterocycles. The van der Waals surface area contributed by atoms with Crippen LogP contribution in [-0.4, -0.2) is 74.5 Å². The number of piperazine rings is 1. The van der Waals surface area contributed by atoms with Gasteiger partial charge in [0.15, 0.2) is 6.10 Å². The Morgan fingerprint density at radius 3 is 2.71 bits per heavy atom. The summed E-state index contributed by atoms with van der Waals surface area (Å²) in [7, 11) is 2.11. The van der Waals surface area contributed by atoms with Crippen LogP contribution in [-0.2, 0) is 4.79 Å². The quantitative estimate of drug-likeness (QED) is 0.644. The maximum absolute atomic E-state index is 12.9. The fraction of sp³-hybridized carbons (Fsp3) is 0.400. The molecule has 1 unspecified atom stereocenters. The van der Waals surface area contributed by atoms with Gasteiger partial charge in [0.05, 0.1) is 24.5 Å². The number of amides is 1. The SMILES string of the molecule is Cc1ccc(NC(=O)C2CNc3cc(OC(F)(F)F)ccc3O2)c(C#CCN2CCN(C)CC2)c1. The minimum atomic E-state index is -4.79. The Balaban J connectivity index is 1.40. The van der Waals surface area contributed by atoms with Gasteiger partial charge in [-0.15, -0.1) is 13.2 Å². The van der Waals surface area contributed by atoms with E-state index in [0.717, 1.165) is 37.8 Å². The van der Waals surface area contributed by atoms with Gasteiger partial charge < -0.3 is 25.0 Å². The largest absolute Gasteiger partial charge is 0.573 e. The molecule has 2 aromatic carbocycles. The molecule has 0 aromatic heterocycles. The van der Waals surface area contributed by atoms with Crippen molar-refractivity contribution in [2.75, 3.05) is 56.9 Å². The third kappa shape index (κ3) is 6.81. The minimum absolute atomic E-state index is 0.0879. The van der Waals surface area contributed by atoms with Crippen molar-refractivity contribution in [2.24, 2.45) is 0 Å². The lowest BCUT2D eigenvalue weighted by Gasteiger charge is -2.30. The van der Waals surface area contributed by atoms with Gasteiger partial charge in [0.1, 0.15) is 11.5 Å². The third-order valence-corrected chi connectivity index (χ3v) is 5.78. The Morgan fingerprint density at radius 1 is 1.20 bits per heavy atom. The van der Waals surface area contributed by atoms with Crippen molar-refractivity contribution in [2.45, 2.75) is 19.4 Å². The number of rotatable bonds is 4. The molecule has 0 aliphatic carbocycles. The Morgan fingerprint density at radius 2 is 1.97 bits per heavy atom. The van der Waals surface area contributed by atoms with E-state index in [1.54, 1.807) is 6.07 Å². The number of carbonyl (C=O) groups is 1. The standard InChI is InChI=1S/C25H27F3N4O3/c1-17-5-7-20(18(14-17)4-3-9-32-12-10-31(2)11-13-32)30-24(33)23-16-29-21-15-19(35-25(26,27)28)6-8-22(21)34-23/h5-8,14-15,23,29H,9-13,16H2,1-2H3,(H,30,33). The number of ether oxygens (including phenoxy) is 2. The molecule has 0 bridgehead atoms. The van der Waals surface area contributed by atoms with Crippen LogP contribution in [0, 0.1) is 18.8 Å². The van der Waals surface area contributed by atoms with Gasteiger partial charge in [-0.1, -0.05) is 17.9 Å². The number of nitrogens with one attached hydrogen (secondary N) is 2. The molecule has 0 saturated carbocycles. The van der Waals surface area contributed by atoms with E-state index in [-0.39, 0.29) is 24.0 Å². The lowest BCUT2D eigenvalue weighted by Crippen LogP contribution is -2.44. The summed E-state index contributed by atoms with van der Waals surface area (Å²) in [5, 5.41) is 5.81. The van der Waals surface area contributed by atoms with Crippen molar-refractivity contribution in [3.05, 3.63) is 47.5 Å². The van der Waals surface area contributed by atoms with Crippen molar-refractivity contribution >= 4 is 17.3 Å². The predicted octanol–water partition coefficient (Wildman–Crippen LogP) is 3.30. The van der Waals surface area contributed by atoms with Gasteiger partial charge in [-0.05, 0) is 43.8 Å². The molecule has 186 valence electrons. The van der Waals surface area contributed by atoms with Crippen LogP contribution in [0.1, 0.15) is 11.1 Å². The third-order valence-electron chi connectivity index (χ3n) is 5.78. The van der Waals surface area contributed by atoms with E-state index in [9.17, 15) is 18.0 Å². The van der Waals surface area contributed by atoms with Crippen molar-refractivity contribution in [3.63, 3.8) is 0 Å². The van der Waals surface area contributed by atoms with Crippen molar-refractivity contribution < 1.29 is 27.4 Å². The van der Waals surface area contributed by atoms with Crippen LogP contribution >= 0.6 is 0 Å². The smallest absolute Gasteiger partial charge is 0.477 e. The molecule has 1 fully saturated rings. The summed E-state index contributed by atoms with van der Waals surface area (Å²) in [5.74, 6) is 5.91. The zero-order valence-corrected chi connectivity index (χ0v) is 19.5. The first-order chi connectivity index (χ1) is 16.7. The summed E-state index contributed by atoms with van der Waals surface area (Å²) in [6, 6.07) is 9.28. The van der Waals surface area contributed by atoms with E-state index < -0.39 is 12.5 Å². The van der Waals surface area contributed by atoms with Gasteiger partial charge >= 0.3 is 6.36 Å². The highest BCUT2D eigenvalue weighted by atomic mass is 19.4. The number of aryl methyl sites for hydroxylation is 1. The molecule has 1 saturated heterocycles. The van der Waals surface area contributed by atoms with E-state index in [4.69, 9.17) is 4.74 Å². The van der Waals surface area contributed by atoms with Crippen LogP contribution < -0.4 is 20.1 Å². The fourth-order valence-corrected chi connectivity index (χ4v) is 3.83. The van der Waals surface area contributed by atoms with Gasteiger partial charge in [0.2, 0.25) is 0 Å². The molecule has 7 nitrogen and oxygen atoms in total. The highest BCUT2D eigenvalue weighted by molar-refractivity contribution is 5.96. The first-order valence-corrected chi connectivity index (χ1v) is 11.3. The number of carbonyl (C=O) groups excluding carboxylic acids is 1. The summed E-state index contributed by atoms with van der Waals surface area (Å²) >= 11 is 0. The second-order valence-corrected chi connectivity index (χ2v) is 8.61. The van der Waals surface area contributed by atoms with Gasteiger partial charge in [0, 0.05) is 37.8 Å². The molecular weight excluding hydrogens is 461 g/mol. The van der Waals surface area contributed by atoms with Crippen LogP contribution in [0.5, 0.6) is 11.5 Å². The summed E-state index contributed by atoms with van der Waals surface area (Å²) in [6.45, 7) is 6.68. The van der Waals surface area contributed by atoms with Gasteiger partial charge in [0.25, 0.3) is 5.91 Å². The molecule has 1 atom stereocenters. The highest BCUT2D eigenvalue weighted by Gasteiger charge is 2.32. The number of fused-ring (bicyclic) bond motifs is 1. The van der Waals surface area contributed by atoms with E-state index in [1.807, 2.05) is 19.1 Å². The molecular formula is C25H27F3N4O3. The Hall–Kier alpha value is -3.42. The van der Waals surface area contributed by atoms with Crippen molar-refractivity contribution in [1.82, 2.24) is 9.80 Å². The van der Waals surface area contributed by atoms with Crippen molar-refractivity contribution in [1.29, 1.82) is 0 Å². The second kappa shape index (κ2) is 10.5. The van der Waals surface area contributed by atoms with Crippen molar-refractivity contribution in [3.8, 4) is 23.3 Å². The number of hydrogen-bond donors (Lipinski definition) is 2. The predicted molar refractivity (Wildman–Crippen MR) is 127 cm³/mol. The van der Waals surface area contributed by atoms with Crippen LogP contribution in [0.3, 0.4) is 0 Å². The molecule has 4 rings (SSSR count). The highest BCUT2D eigenvalue weighted by Crippen LogP contribution is 2.35. The maximum atomic E-state index is 12.9. The maximum Gasteiger partial charge on any atom is 0.573 e. The molecule has 10 heteroatoms. The lowest BCUT2D eigenvalue weighted by molar-refractivity contribution is -0.274. The number of hydrogen-bond acceptors (Lipinski definition) is 6. The average Bonchev–Trinajstić information content (AvgIpc) is 2.80. The van der Waals surface area contributed by atoms with E-state index in [2.05, 4.69) is 44.1 Å². The Labute approximate surface area is 202 Å². The molecule has 35 heavy (non-hydrogen) atoms. The molecule has 2 heterocycles. The molecule has 1 amide bonds. The lowest BCUT2D eigenvalue weighted by atomic mass is 10.1. The van der Waals surface area contributed by atoms with Gasteiger partial charge in [-0.2, -0.15) is 0 Å². The molecule has 0 radical (unpaired) electrons. The number of likely N-dealkylation sites (N-methyl/N-ethyl adjacent to an activating group) is 1. The molecule has 2 N–H and O–H groups in total. The zero-order valence-electron chi connectivity index (χ0n) is 19.5. The summed E-state index contributed by atoms with van der Waals surface area (Å²) < 4.78 is 47.0. The minimum Gasteiger partial charge on any atom is -0.477 e. The zero-order chi connectivity index (χ0) is 25.0. The summed E-state index contributed by atoms with van der Waals surface area (Å²) in [5.41, 5.74) is 2.63. The van der Waals surface area contributed by atoms with Crippen LogP contribution in [0.25, 0.3) is 0 Å². The molecule has 2 aromatic rings. The van der Waals surface area contributed by atoms with Crippen LogP contribution in [0.2, 0.25) is 0 Å². The Bertz CT molecular complexity index is 1130. The monoisotopic (exact) mass is 488 g/mol. The normalized spacial score (nSPS) is 18.4. The summed E-state index contributed by atoms with van der Waals surface area (Å²) in [4.78, 5) is 17.5. The number of benzene rings is 2. The van der Waals surface area contributed by atoms with Gasteiger partial charge in [-0.3, -0.25) is 9.69 Å². The van der Waals surface area contributed by atoms with Crippen LogP contribution in [0.4, 0.5) is 24.5 Å². The first-order valence-electron chi connectivity index (χ1n) is 11.3. The van der Waals surface area contributed by atoms with Crippen LogP contribution in [0.15, 0.2) is 36.4 Å². The topological polar surface area (TPSA) is 66.1 Å². The number of halogens is 3. The number of anilines is 2. The number of nitrogens with zero attached hydrogens (tertiary/aromatic N) is 2. The number of alkyl halides is 3. The van der Waals surface area contributed by atoms with E-state index >= 15 is 0 Å². The molecule has 2 aliphatic rings. The summed E-state index contributed by atoms with van der Waals surface area (Å²) in [6.07, 6.45) is -5.66. The van der Waals surface area contributed by atoms with E-state index in [0.29, 0.717) is 23.5 Å². The fourth-order valence-electron chi connectivity index (χ4n) is 3.83. The van der Waals surface area contributed by atoms with E-state index in [1.165, 1.54) is 12.1 Å². The second-order valence-electron chi connectivity index (χ2n) is 8.61. The Kier molecular flexibility index (Phi) is 7.38. The molecule has 0 spiro atoms. The first kappa shape index (κ1) is 24.7.